The molecule has 0 fully saturated rings. The van der Waals surface area contributed by atoms with E-state index in [1.54, 1.807) is 17.6 Å². The minimum Gasteiger partial charge on any atom is -0.465 e. The van der Waals surface area contributed by atoms with Crippen molar-refractivity contribution >= 4 is 34.4 Å². The van der Waals surface area contributed by atoms with Crippen molar-refractivity contribution in [2.75, 3.05) is 12.4 Å². The predicted molar refractivity (Wildman–Crippen MR) is 113 cm³/mol. The maximum atomic E-state index is 13.4. The van der Waals surface area contributed by atoms with Crippen molar-refractivity contribution in [3.05, 3.63) is 63.9 Å². The molecule has 0 bridgehead atoms. The first-order chi connectivity index (χ1) is 14.0. The van der Waals surface area contributed by atoms with Gasteiger partial charge in [-0.15, -0.1) is 10.2 Å². The van der Waals surface area contributed by atoms with Gasteiger partial charge in [-0.3, -0.25) is 14.0 Å². The molecule has 2 aromatic heterocycles. The van der Waals surface area contributed by atoms with Gasteiger partial charge in [0.1, 0.15) is 0 Å². The normalized spacial score (nSPS) is 11.3. The number of thioether (sulfide) groups is 1. The van der Waals surface area contributed by atoms with Crippen molar-refractivity contribution in [3.8, 4) is 5.69 Å². The van der Waals surface area contributed by atoms with Crippen molar-refractivity contribution in [1.82, 2.24) is 19.2 Å². The zero-order valence-electron chi connectivity index (χ0n) is 16.4. The largest absolute Gasteiger partial charge is 0.465 e. The SMILES string of the molecule is CCOC(=O)CSc1nnc2n(-c3c(C)cccc3C)c(=O)c3ccccc3n12. The summed E-state index contributed by atoms with van der Waals surface area (Å²) >= 11 is 1.24. The smallest absolute Gasteiger partial charge is 0.316 e. The molecule has 0 radical (unpaired) electrons. The molecule has 0 aliphatic rings. The first-order valence-electron chi connectivity index (χ1n) is 9.26. The highest BCUT2D eigenvalue weighted by atomic mass is 32.2. The van der Waals surface area contributed by atoms with Crippen molar-refractivity contribution in [2.24, 2.45) is 0 Å². The highest BCUT2D eigenvalue weighted by Crippen LogP contribution is 2.25. The summed E-state index contributed by atoms with van der Waals surface area (Å²) in [7, 11) is 0. The standard InChI is InChI=1S/C21H20N4O3S/c1-4-28-17(26)12-29-21-23-22-20-24(21)16-11-6-5-10-15(16)19(27)25(20)18-13(2)8-7-9-14(18)3/h5-11H,4,12H2,1-3H3. The molecule has 0 N–H and O–H groups in total. The lowest BCUT2D eigenvalue weighted by molar-refractivity contribution is -0.139. The van der Waals surface area contributed by atoms with E-state index in [2.05, 4.69) is 10.2 Å². The van der Waals surface area contributed by atoms with Crippen LogP contribution in [-0.2, 0) is 9.53 Å². The molecule has 0 amide bonds. The number of carbonyl (C=O) groups is 1. The van der Waals surface area contributed by atoms with Gasteiger partial charge in [0.15, 0.2) is 5.16 Å². The predicted octanol–water partition coefficient (Wildman–Crippen LogP) is 3.31. The number of rotatable bonds is 5. The van der Waals surface area contributed by atoms with E-state index in [1.807, 2.05) is 54.6 Å². The van der Waals surface area contributed by atoms with Crippen molar-refractivity contribution in [2.45, 2.75) is 25.9 Å². The molecule has 0 saturated heterocycles. The van der Waals surface area contributed by atoms with E-state index in [4.69, 9.17) is 4.74 Å². The molecule has 7 nitrogen and oxygen atoms in total. The van der Waals surface area contributed by atoms with E-state index >= 15 is 0 Å². The fraction of sp³-hybridized carbons (Fsp3) is 0.238. The second-order valence-corrected chi connectivity index (χ2v) is 7.55. The van der Waals surface area contributed by atoms with Crippen LogP contribution in [0.1, 0.15) is 18.1 Å². The maximum absolute atomic E-state index is 13.4. The van der Waals surface area contributed by atoms with Crippen LogP contribution in [0.4, 0.5) is 0 Å². The van der Waals surface area contributed by atoms with E-state index in [0.29, 0.717) is 28.4 Å². The Bertz CT molecular complexity index is 1270. The fourth-order valence-electron chi connectivity index (χ4n) is 3.46. The number of esters is 1. The monoisotopic (exact) mass is 408 g/mol. The van der Waals surface area contributed by atoms with Crippen LogP contribution in [-0.4, -0.2) is 37.5 Å². The van der Waals surface area contributed by atoms with E-state index in [-0.39, 0.29) is 17.3 Å². The number of aryl methyl sites for hydroxylation is 2. The Hall–Kier alpha value is -3.13. The van der Waals surface area contributed by atoms with E-state index < -0.39 is 0 Å². The Kier molecular flexibility index (Phi) is 5.10. The van der Waals surface area contributed by atoms with E-state index in [9.17, 15) is 9.59 Å². The molecule has 0 saturated carbocycles. The summed E-state index contributed by atoms with van der Waals surface area (Å²) in [6.07, 6.45) is 0. The number of nitrogens with zero attached hydrogens (tertiary/aromatic N) is 4. The topological polar surface area (TPSA) is 78.5 Å². The molecule has 148 valence electrons. The molecule has 2 heterocycles. The van der Waals surface area contributed by atoms with Crippen molar-refractivity contribution in [3.63, 3.8) is 0 Å². The average molecular weight is 408 g/mol. The lowest BCUT2D eigenvalue weighted by atomic mass is 10.1. The Morgan fingerprint density at radius 2 is 1.79 bits per heavy atom. The van der Waals surface area contributed by atoms with Gasteiger partial charge in [-0.2, -0.15) is 0 Å². The molecule has 0 aliphatic heterocycles. The number of para-hydroxylation sites is 2. The highest BCUT2D eigenvalue weighted by Gasteiger charge is 2.20. The Morgan fingerprint density at radius 1 is 1.07 bits per heavy atom. The van der Waals surface area contributed by atoms with Gasteiger partial charge in [0.05, 0.1) is 29.0 Å². The third-order valence-electron chi connectivity index (χ3n) is 4.68. The van der Waals surface area contributed by atoms with Crippen LogP contribution in [0.2, 0.25) is 0 Å². The molecule has 29 heavy (non-hydrogen) atoms. The minimum absolute atomic E-state index is 0.117. The molecule has 0 spiro atoms. The van der Waals surface area contributed by atoms with Crippen LogP contribution < -0.4 is 5.56 Å². The van der Waals surface area contributed by atoms with Crippen LogP contribution in [0.25, 0.3) is 22.4 Å². The van der Waals surface area contributed by atoms with Crippen molar-refractivity contribution < 1.29 is 9.53 Å². The fourth-order valence-corrected chi connectivity index (χ4v) is 4.20. The van der Waals surface area contributed by atoms with Gasteiger partial charge in [0, 0.05) is 0 Å². The second kappa shape index (κ2) is 7.71. The van der Waals surface area contributed by atoms with Gasteiger partial charge < -0.3 is 4.74 Å². The van der Waals surface area contributed by atoms with Crippen LogP contribution >= 0.6 is 11.8 Å². The van der Waals surface area contributed by atoms with Gasteiger partial charge in [0.2, 0.25) is 5.78 Å². The summed E-state index contributed by atoms with van der Waals surface area (Å²) in [5.41, 5.74) is 3.27. The average Bonchev–Trinajstić information content (AvgIpc) is 3.12. The summed E-state index contributed by atoms with van der Waals surface area (Å²) in [6.45, 7) is 6.03. The molecular formula is C21H20N4O3S. The highest BCUT2D eigenvalue weighted by molar-refractivity contribution is 7.99. The van der Waals surface area contributed by atoms with Gasteiger partial charge >= 0.3 is 5.97 Å². The van der Waals surface area contributed by atoms with Crippen LogP contribution in [0.15, 0.2) is 52.4 Å². The van der Waals surface area contributed by atoms with Crippen molar-refractivity contribution in [1.29, 1.82) is 0 Å². The van der Waals surface area contributed by atoms with E-state index in [0.717, 1.165) is 16.8 Å². The summed E-state index contributed by atoms with van der Waals surface area (Å²) in [6, 6.07) is 13.2. The molecule has 0 unspecified atom stereocenters. The number of carbonyl (C=O) groups excluding carboxylic acids is 1. The van der Waals surface area contributed by atoms with Gasteiger partial charge in [-0.05, 0) is 44.0 Å². The number of hydrogen-bond donors (Lipinski definition) is 0. The molecular weight excluding hydrogens is 388 g/mol. The lowest BCUT2D eigenvalue weighted by Crippen LogP contribution is -2.23. The summed E-state index contributed by atoms with van der Waals surface area (Å²) in [4.78, 5) is 25.2. The molecule has 2 aromatic carbocycles. The Labute approximate surface area is 171 Å². The number of hydrogen-bond acceptors (Lipinski definition) is 6. The third-order valence-corrected chi connectivity index (χ3v) is 5.58. The number of fused-ring (bicyclic) bond motifs is 3. The zero-order valence-corrected chi connectivity index (χ0v) is 17.2. The lowest BCUT2D eigenvalue weighted by Gasteiger charge is -2.15. The second-order valence-electron chi connectivity index (χ2n) is 6.61. The van der Waals surface area contributed by atoms with Crippen LogP contribution in [0.3, 0.4) is 0 Å². The Balaban J connectivity index is 2.01. The van der Waals surface area contributed by atoms with Crippen LogP contribution in [0, 0.1) is 13.8 Å². The third kappa shape index (κ3) is 3.29. The Morgan fingerprint density at radius 3 is 2.52 bits per heavy atom. The maximum Gasteiger partial charge on any atom is 0.316 e. The zero-order chi connectivity index (χ0) is 20.5. The first kappa shape index (κ1) is 19.2. The quantitative estimate of drug-likeness (QED) is 0.372. The number of benzene rings is 2. The van der Waals surface area contributed by atoms with E-state index in [1.165, 1.54) is 11.8 Å². The van der Waals surface area contributed by atoms with Gasteiger partial charge in [-0.25, -0.2) is 4.57 Å². The number of aromatic nitrogens is 4. The molecule has 4 rings (SSSR count). The summed E-state index contributed by atoms with van der Waals surface area (Å²) in [5, 5.41) is 9.68. The van der Waals surface area contributed by atoms with Gasteiger partial charge in [0.25, 0.3) is 5.56 Å². The first-order valence-corrected chi connectivity index (χ1v) is 10.3. The minimum atomic E-state index is -0.318. The van der Waals surface area contributed by atoms with Crippen LogP contribution in [0.5, 0.6) is 0 Å². The molecule has 4 aromatic rings. The van der Waals surface area contributed by atoms with Gasteiger partial charge in [-0.1, -0.05) is 42.1 Å². The molecule has 0 atom stereocenters. The number of ether oxygens (including phenoxy) is 1. The molecule has 8 heteroatoms. The molecule has 0 aliphatic carbocycles. The summed E-state index contributed by atoms with van der Waals surface area (Å²) < 4.78 is 8.44. The summed E-state index contributed by atoms with van der Waals surface area (Å²) in [5.74, 6) is 0.213.